The summed E-state index contributed by atoms with van der Waals surface area (Å²) < 4.78 is 27.9. The molecule has 3 rings (SSSR count). The number of sulfonamides is 1. The highest BCUT2D eigenvalue weighted by Gasteiger charge is 2.20. The number of nitrogens with two attached hydrogens (primary N) is 1. The second-order valence-electron chi connectivity index (χ2n) is 5.85. The van der Waals surface area contributed by atoms with Crippen LogP contribution in [0.4, 0.5) is 11.4 Å². The maximum Gasteiger partial charge on any atom is 0.261 e. The Bertz CT molecular complexity index is 1080. The molecule has 0 radical (unpaired) electrons. The van der Waals surface area contributed by atoms with Gasteiger partial charge in [-0.25, -0.2) is 18.4 Å². The second-order valence-corrected chi connectivity index (χ2v) is 7.54. The van der Waals surface area contributed by atoms with Gasteiger partial charge in [0.2, 0.25) is 0 Å². The van der Waals surface area contributed by atoms with Gasteiger partial charge in [0.25, 0.3) is 10.0 Å². The van der Waals surface area contributed by atoms with Crippen LogP contribution in [0.5, 0.6) is 5.75 Å². The molecule has 0 aliphatic carbocycles. The third kappa shape index (κ3) is 3.08. The predicted octanol–water partition coefficient (Wildman–Crippen LogP) is 2.64. The summed E-state index contributed by atoms with van der Waals surface area (Å²) in [6.07, 6.45) is 0. The Kier molecular flexibility index (Phi) is 4.00. The Hall–Kier alpha value is -2.87. The zero-order chi connectivity index (χ0) is 18.4. The molecule has 0 spiro atoms. The summed E-state index contributed by atoms with van der Waals surface area (Å²) in [5, 5.41) is 10.1. The van der Waals surface area contributed by atoms with Gasteiger partial charge in [-0.05, 0) is 56.7 Å². The topological polar surface area (TPSA) is 118 Å². The van der Waals surface area contributed by atoms with Crippen LogP contribution in [0.1, 0.15) is 17.0 Å². The van der Waals surface area contributed by atoms with Crippen molar-refractivity contribution < 1.29 is 13.5 Å². The Labute approximate surface area is 145 Å². The van der Waals surface area contributed by atoms with E-state index in [0.29, 0.717) is 33.8 Å². The lowest BCUT2D eigenvalue weighted by Crippen LogP contribution is -2.15. The van der Waals surface area contributed by atoms with Crippen molar-refractivity contribution in [2.45, 2.75) is 25.7 Å². The van der Waals surface area contributed by atoms with Crippen LogP contribution in [0.2, 0.25) is 0 Å². The molecule has 0 atom stereocenters. The first kappa shape index (κ1) is 17.0. The number of hydrogen-bond donors (Lipinski definition) is 3. The number of phenols is 1. The fourth-order valence-corrected chi connectivity index (χ4v) is 3.60. The third-order valence-electron chi connectivity index (χ3n) is 3.96. The zero-order valence-electron chi connectivity index (χ0n) is 14.0. The molecule has 1 heterocycles. The van der Waals surface area contributed by atoms with Gasteiger partial charge in [0, 0.05) is 5.69 Å². The molecule has 0 fully saturated rings. The second kappa shape index (κ2) is 5.89. The third-order valence-corrected chi connectivity index (χ3v) is 5.33. The average molecular weight is 358 g/mol. The van der Waals surface area contributed by atoms with Crippen molar-refractivity contribution in [3.63, 3.8) is 0 Å². The van der Waals surface area contributed by atoms with Crippen LogP contribution >= 0.6 is 0 Å². The number of aromatic hydroxyl groups is 1. The van der Waals surface area contributed by atoms with Crippen molar-refractivity contribution in [2.24, 2.45) is 0 Å². The van der Waals surface area contributed by atoms with Gasteiger partial charge in [0.15, 0.2) is 0 Å². The summed E-state index contributed by atoms with van der Waals surface area (Å²) in [5.41, 5.74) is 8.80. The van der Waals surface area contributed by atoms with Crippen LogP contribution in [0.15, 0.2) is 35.2 Å². The van der Waals surface area contributed by atoms with Gasteiger partial charge < -0.3 is 10.8 Å². The molecule has 8 heteroatoms. The molecule has 0 saturated carbocycles. The van der Waals surface area contributed by atoms with E-state index in [0.717, 1.165) is 0 Å². The van der Waals surface area contributed by atoms with Crippen LogP contribution in [0.3, 0.4) is 0 Å². The minimum atomic E-state index is -3.83. The highest BCUT2D eigenvalue weighted by molar-refractivity contribution is 7.92. The molecule has 1 aromatic heterocycles. The molecule has 2 aromatic carbocycles. The van der Waals surface area contributed by atoms with E-state index < -0.39 is 10.0 Å². The number of nitrogen functional groups attached to an aromatic ring is 1. The monoisotopic (exact) mass is 358 g/mol. The molecule has 4 N–H and O–H groups in total. The zero-order valence-corrected chi connectivity index (χ0v) is 14.8. The summed E-state index contributed by atoms with van der Waals surface area (Å²) in [5.74, 6) is -0.0430. The number of anilines is 2. The molecule has 0 bridgehead atoms. The van der Waals surface area contributed by atoms with Gasteiger partial charge >= 0.3 is 0 Å². The van der Waals surface area contributed by atoms with Gasteiger partial charge in [-0.2, -0.15) is 0 Å². The first-order chi connectivity index (χ1) is 11.7. The predicted molar refractivity (Wildman–Crippen MR) is 97.1 cm³/mol. The number of aromatic nitrogens is 2. The number of nitrogens with zero attached hydrogens (tertiary/aromatic N) is 2. The molecule has 7 nitrogen and oxygen atoms in total. The number of phenolic OH excluding ortho intramolecular Hbond substituents is 1. The number of rotatable bonds is 3. The number of aryl methyl sites for hydroxylation is 3. The molecular weight excluding hydrogens is 340 g/mol. The summed E-state index contributed by atoms with van der Waals surface area (Å²) in [6, 6.07) is 7.35. The fraction of sp³-hybridized carbons (Fsp3) is 0.176. The Morgan fingerprint density at radius 3 is 2.16 bits per heavy atom. The number of benzene rings is 2. The smallest absolute Gasteiger partial charge is 0.261 e. The lowest BCUT2D eigenvalue weighted by atomic mass is 10.1. The molecule has 0 unspecified atom stereocenters. The normalized spacial score (nSPS) is 11.6. The summed E-state index contributed by atoms with van der Waals surface area (Å²) in [4.78, 5) is 8.83. The molecule has 0 aliphatic rings. The quantitative estimate of drug-likeness (QED) is 0.489. The van der Waals surface area contributed by atoms with Gasteiger partial charge in [-0.3, -0.25) is 4.72 Å². The van der Waals surface area contributed by atoms with Crippen LogP contribution < -0.4 is 10.5 Å². The maximum absolute atomic E-state index is 12.7. The number of fused-ring (bicyclic) bond motifs is 1. The van der Waals surface area contributed by atoms with Crippen molar-refractivity contribution in [1.29, 1.82) is 0 Å². The molecule has 3 aromatic rings. The van der Waals surface area contributed by atoms with Crippen LogP contribution in [-0.4, -0.2) is 23.5 Å². The van der Waals surface area contributed by atoms with Gasteiger partial charge in [0.05, 0.1) is 22.0 Å². The van der Waals surface area contributed by atoms with E-state index in [1.807, 2.05) is 0 Å². The molecule has 0 amide bonds. The van der Waals surface area contributed by atoms with Gasteiger partial charge in [-0.15, -0.1) is 0 Å². The molecule has 0 saturated heterocycles. The minimum Gasteiger partial charge on any atom is -0.506 e. The van der Waals surface area contributed by atoms with E-state index >= 15 is 0 Å². The Balaban J connectivity index is 2.18. The van der Waals surface area contributed by atoms with Gasteiger partial charge in [0.1, 0.15) is 16.8 Å². The lowest BCUT2D eigenvalue weighted by Gasteiger charge is -2.14. The van der Waals surface area contributed by atoms with E-state index in [1.165, 1.54) is 30.3 Å². The Morgan fingerprint density at radius 1 is 1.00 bits per heavy atom. The Morgan fingerprint density at radius 2 is 1.56 bits per heavy atom. The number of nitrogens with one attached hydrogen (secondary N) is 1. The fourth-order valence-electron chi connectivity index (χ4n) is 2.46. The molecule has 130 valence electrons. The molecule has 0 aliphatic heterocycles. The van der Waals surface area contributed by atoms with E-state index in [1.54, 1.807) is 20.8 Å². The lowest BCUT2D eigenvalue weighted by molar-refractivity contribution is 0.479. The largest absolute Gasteiger partial charge is 0.506 e. The summed E-state index contributed by atoms with van der Waals surface area (Å²) >= 11 is 0. The van der Waals surface area contributed by atoms with E-state index in [-0.39, 0.29) is 16.2 Å². The first-order valence-corrected chi connectivity index (χ1v) is 9.03. The summed E-state index contributed by atoms with van der Waals surface area (Å²) in [7, 11) is -3.83. The highest BCUT2D eigenvalue weighted by Crippen LogP contribution is 2.33. The van der Waals surface area contributed by atoms with E-state index in [9.17, 15) is 13.5 Å². The van der Waals surface area contributed by atoms with Crippen molar-refractivity contribution in [3.8, 4) is 5.75 Å². The number of hydrogen-bond acceptors (Lipinski definition) is 6. The van der Waals surface area contributed by atoms with Crippen molar-refractivity contribution in [3.05, 3.63) is 47.3 Å². The van der Waals surface area contributed by atoms with Crippen molar-refractivity contribution in [2.75, 3.05) is 10.5 Å². The molecular formula is C17H18N4O3S. The van der Waals surface area contributed by atoms with Crippen molar-refractivity contribution in [1.82, 2.24) is 9.97 Å². The van der Waals surface area contributed by atoms with Gasteiger partial charge in [-0.1, -0.05) is 0 Å². The first-order valence-electron chi connectivity index (χ1n) is 7.55. The van der Waals surface area contributed by atoms with Crippen molar-refractivity contribution >= 4 is 32.4 Å². The maximum atomic E-state index is 12.7. The minimum absolute atomic E-state index is 0.0430. The van der Waals surface area contributed by atoms with E-state index in [4.69, 9.17) is 5.73 Å². The average Bonchev–Trinajstić information content (AvgIpc) is 2.54. The SMILES string of the molecule is Cc1cc(O)c2nc(C)c(C)nc2c1NS(=O)(=O)c1ccc(N)cc1. The van der Waals surface area contributed by atoms with E-state index in [2.05, 4.69) is 14.7 Å². The molecule has 25 heavy (non-hydrogen) atoms. The standard InChI is InChI=1S/C17H18N4O3S/c1-9-8-14(22)16-17(20-11(3)10(2)19-16)15(9)21-25(23,24)13-6-4-12(18)5-7-13/h4-8,21-22H,18H2,1-3H3. The van der Waals surface area contributed by atoms with Crippen LogP contribution in [-0.2, 0) is 10.0 Å². The van der Waals surface area contributed by atoms with Crippen LogP contribution in [0, 0.1) is 20.8 Å². The summed E-state index contributed by atoms with van der Waals surface area (Å²) in [6.45, 7) is 5.25. The highest BCUT2D eigenvalue weighted by atomic mass is 32.2. The van der Waals surface area contributed by atoms with Crippen LogP contribution in [0.25, 0.3) is 11.0 Å².